The summed E-state index contributed by atoms with van der Waals surface area (Å²) in [6.07, 6.45) is 11.0. The Labute approximate surface area is 184 Å². The molecule has 3 heteroatoms. The van der Waals surface area contributed by atoms with E-state index in [4.69, 9.17) is 0 Å². The third-order valence-corrected chi connectivity index (χ3v) is 10.4. The van der Waals surface area contributed by atoms with Gasteiger partial charge in [0.1, 0.15) is 0 Å². The molecule has 0 bridgehead atoms. The zero-order valence-corrected chi connectivity index (χ0v) is 20.0. The van der Waals surface area contributed by atoms with E-state index < -0.39 is 0 Å². The SMILES string of the molecule is CC(C)CC[C@H](O)[C@@H](C)[C@H]1[C@@H](O)C[C@H]2[C@@H]3CC=C4C[C@@H](O)CC[C@]4(C)[C@H]3CCC12C. The molecule has 172 valence electrons. The van der Waals surface area contributed by atoms with E-state index in [0.29, 0.717) is 23.7 Å². The van der Waals surface area contributed by atoms with Crippen molar-refractivity contribution in [3.8, 4) is 0 Å². The highest BCUT2D eigenvalue weighted by molar-refractivity contribution is 5.25. The molecule has 0 amide bonds. The predicted molar refractivity (Wildman–Crippen MR) is 122 cm³/mol. The highest BCUT2D eigenvalue weighted by atomic mass is 16.3. The van der Waals surface area contributed by atoms with Crippen molar-refractivity contribution in [2.24, 2.45) is 46.3 Å². The minimum absolute atomic E-state index is 0.134. The maximum absolute atomic E-state index is 11.2. The van der Waals surface area contributed by atoms with Crippen LogP contribution in [0, 0.1) is 46.3 Å². The number of rotatable bonds is 5. The third-order valence-electron chi connectivity index (χ3n) is 10.4. The number of fused-ring (bicyclic) bond motifs is 5. The van der Waals surface area contributed by atoms with Gasteiger partial charge in [-0.3, -0.25) is 0 Å². The van der Waals surface area contributed by atoms with Gasteiger partial charge in [-0.05, 0) is 104 Å². The average Bonchev–Trinajstić information content (AvgIpc) is 2.96. The molecule has 3 saturated carbocycles. The molecule has 4 aliphatic rings. The summed E-state index contributed by atoms with van der Waals surface area (Å²) >= 11 is 0. The van der Waals surface area contributed by atoms with E-state index in [-0.39, 0.29) is 41.0 Å². The molecule has 0 aromatic heterocycles. The molecule has 0 radical (unpaired) electrons. The van der Waals surface area contributed by atoms with Crippen molar-refractivity contribution in [3.63, 3.8) is 0 Å². The van der Waals surface area contributed by atoms with E-state index >= 15 is 0 Å². The van der Waals surface area contributed by atoms with Crippen molar-refractivity contribution in [2.75, 3.05) is 0 Å². The molecule has 0 heterocycles. The maximum Gasteiger partial charge on any atom is 0.0580 e. The fourth-order valence-electron chi connectivity index (χ4n) is 8.65. The van der Waals surface area contributed by atoms with Crippen LogP contribution in [0.2, 0.25) is 0 Å². The molecule has 0 saturated heterocycles. The van der Waals surface area contributed by atoms with E-state index in [2.05, 4.69) is 40.7 Å². The second kappa shape index (κ2) is 8.19. The lowest BCUT2D eigenvalue weighted by atomic mass is 9.47. The Morgan fingerprint density at radius 1 is 1.03 bits per heavy atom. The zero-order valence-electron chi connectivity index (χ0n) is 20.0. The van der Waals surface area contributed by atoms with Gasteiger partial charge < -0.3 is 15.3 Å². The van der Waals surface area contributed by atoms with Crippen LogP contribution in [0.4, 0.5) is 0 Å². The second-order valence-electron chi connectivity index (χ2n) is 12.4. The van der Waals surface area contributed by atoms with Crippen LogP contribution in [0.1, 0.15) is 92.4 Å². The van der Waals surface area contributed by atoms with Crippen LogP contribution in [0.5, 0.6) is 0 Å². The topological polar surface area (TPSA) is 60.7 Å². The number of allylic oxidation sites excluding steroid dienone is 1. The first kappa shape index (κ1) is 22.8. The standard InChI is InChI=1S/C27H46O3/c1-16(2)6-9-23(29)17(3)25-24(30)15-22-20-8-7-18-14-19(28)10-12-26(18,4)21(20)11-13-27(22,25)5/h7,16-17,19-25,28-30H,6,8-15H2,1-5H3/t17-,19+,20-,21+,22+,23+,24+,25+,26+,27?/m1/s1. The molecular formula is C27H46O3. The summed E-state index contributed by atoms with van der Waals surface area (Å²) in [4.78, 5) is 0. The van der Waals surface area contributed by atoms with E-state index in [1.54, 1.807) is 0 Å². The molecule has 10 atom stereocenters. The van der Waals surface area contributed by atoms with E-state index in [9.17, 15) is 15.3 Å². The van der Waals surface area contributed by atoms with Gasteiger partial charge in [0, 0.05) is 0 Å². The largest absolute Gasteiger partial charge is 0.393 e. The minimum atomic E-state index is -0.310. The Morgan fingerprint density at radius 3 is 2.47 bits per heavy atom. The Balaban J connectivity index is 1.56. The summed E-state index contributed by atoms with van der Waals surface area (Å²) < 4.78 is 0. The lowest BCUT2D eigenvalue weighted by Gasteiger charge is -2.58. The van der Waals surface area contributed by atoms with E-state index in [0.717, 1.165) is 44.9 Å². The van der Waals surface area contributed by atoms with Crippen LogP contribution in [-0.2, 0) is 0 Å². The number of hydrogen-bond donors (Lipinski definition) is 3. The molecule has 3 fully saturated rings. The summed E-state index contributed by atoms with van der Waals surface area (Å²) in [6.45, 7) is 11.5. The average molecular weight is 419 g/mol. The Morgan fingerprint density at radius 2 is 1.77 bits per heavy atom. The maximum atomic E-state index is 11.2. The predicted octanol–water partition coefficient (Wildman–Crippen LogP) is 5.33. The van der Waals surface area contributed by atoms with Crippen molar-refractivity contribution in [3.05, 3.63) is 11.6 Å². The second-order valence-corrected chi connectivity index (χ2v) is 12.4. The van der Waals surface area contributed by atoms with Crippen LogP contribution >= 0.6 is 0 Å². The lowest BCUT2D eigenvalue weighted by Crippen LogP contribution is -2.51. The first-order chi connectivity index (χ1) is 14.1. The third kappa shape index (κ3) is 3.61. The highest BCUT2D eigenvalue weighted by Gasteiger charge is 2.62. The molecule has 3 N–H and O–H groups in total. The lowest BCUT2D eigenvalue weighted by molar-refractivity contribution is -0.0768. The molecule has 0 aliphatic heterocycles. The van der Waals surface area contributed by atoms with Crippen LogP contribution in [0.25, 0.3) is 0 Å². The summed E-state index contributed by atoms with van der Waals surface area (Å²) in [5.41, 5.74) is 1.89. The summed E-state index contributed by atoms with van der Waals surface area (Å²) in [5.74, 6) is 2.86. The van der Waals surface area contributed by atoms with Gasteiger partial charge in [0.25, 0.3) is 0 Å². The molecule has 30 heavy (non-hydrogen) atoms. The molecule has 4 aliphatic carbocycles. The molecule has 4 rings (SSSR count). The first-order valence-corrected chi connectivity index (χ1v) is 12.8. The van der Waals surface area contributed by atoms with Gasteiger partial charge >= 0.3 is 0 Å². The first-order valence-electron chi connectivity index (χ1n) is 12.8. The molecule has 0 aromatic carbocycles. The van der Waals surface area contributed by atoms with Crippen LogP contribution in [0.15, 0.2) is 11.6 Å². The van der Waals surface area contributed by atoms with Gasteiger partial charge in [-0.15, -0.1) is 0 Å². The van der Waals surface area contributed by atoms with Crippen LogP contribution in [-0.4, -0.2) is 33.6 Å². The molecule has 0 aromatic rings. The van der Waals surface area contributed by atoms with Gasteiger partial charge in [0.05, 0.1) is 18.3 Å². The normalized spacial score (nSPS) is 47.8. The molecular weight excluding hydrogens is 372 g/mol. The molecule has 0 spiro atoms. The van der Waals surface area contributed by atoms with Gasteiger partial charge in [-0.25, -0.2) is 0 Å². The highest BCUT2D eigenvalue weighted by Crippen LogP contribution is 2.67. The van der Waals surface area contributed by atoms with Crippen LogP contribution in [0.3, 0.4) is 0 Å². The van der Waals surface area contributed by atoms with Crippen molar-refractivity contribution < 1.29 is 15.3 Å². The fraction of sp³-hybridized carbons (Fsp3) is 0.926. The smallest absolute Gasteiger partial charge is 0.0580 e. The van der Waals surface area contributed by atoms with Gasteiger partial charge in [0.2, 0.25) is 0 Å². The monoisotopic (exact) mass is 418 g/mol. The molecule has 1 unspecified atom stereocenters. The number of hydrogen-bond acceptors (Lipinski definition) is 3. The summed E-state index contributed by atoms with van der Waals surface area (Å²) in [6, 6.07) is 0. The van der Waals surface area contributed by atoms with Crippen LogP contribution < -0.4 is 0 Å². The zero-order chi connectivity index (χ0) is 21.8. The van der Waals surface area contributed by atoms with Gasteiger partial charge in [0.15, 0.2) is 0 Å². The molecule has 3 nitrogen and oxygen atoms in total. The van der Waals surface area contributed by atoms with E-state index in [1.807, 2.05) is 0 Å². The fourth-order valence-corrected chi connectivity index (χ4v) is 8.65. The summed E-state index contributed by atoms with van der Waals surface area (Å²) in [5, 5.41) is 32.4. The van der Waals surface area contributed by atoms with Crippen molar-refractivity contribution in [2.45, 2.75) is 111 Å². The van der Waals surface area contributed by atoms with E-state index in [1.165, 1.54) is 18.4 Å². The summed E-state index contributed by atoms with van der Waals surface area (Å²) in [7, 11) is 0. The van der Waals surface area contributed by atoms with Crippen molar-refractivity contribution in [1.29, 1.82) is 0 Å². The van der Waals surface area contributed by atoms with Crippen molar-refractivity contribution >= 4 is 0 Å². The number of aliphatic hydroxyl groups excluding tert-OH is 3. The van der Waals surface area contributed by atoms with Crippen molar-refractivity contribution in [1.82, 2.24) is 0 Å². The Hall–Kier alpha value is -0.380. The van der Waals surface area contributed by atoms with Gasteiger partial charge in [-0.2, -0.15) is 0 Å². The Kier molecular flexibility index (Phi) is 6.23. The Bertz CT molecular complexity index is 656. The number of aliphatic hydroxyl groups is 3. The minimum Gasteiger partial charge on any atom is -0.393 e. The van der Waals surface area contributed by atoms with Gasteiger partial charge in [-0.1, -0.05) is 46.3 Å². The quantitative estimate of drug-likeness (QED) is 0.529.